The molecule has 0 aliphatic carbocycles. The van der Waals surface area contributed by atoms with E-state index in [9.17, 15) is 0 Å². The molecule has 1 saturated heterocycles. The fourth-order valence-corrected chi connectivity index (χ4v) is 4.16. The summed E-state index contributed by atoms with van der Waals surface area (Å²) in [4.78, 5) is 13.6. The van der Waals surface area contributed by atoms with Crippen LogP contribution in [0.1, 0.15) is 29.3 Å². The Morgan fingerprint density at radius 2 is 1.96 bits per heavy atom. The molecule has 0 unspecified atom stereocenters. The summed E-state index contributed by atoms with van der Waals surface area (Å²) in [6, 6.07) is 6.15. The smallest absolute Gasteiger partial charge is 0.240 e. The van der Waals surface area contributed by atoms with Crippen molar-refractivity contribution in [1.29, 1.82) is 0 Å². The van der Waals surface area contributed by atoms with E-state index in [1.807, 2.05) is 23.7 Å². The summed E-state index contributed by atoms with van der Waals surface area (Å²) in [7, 11) is 0. The minimum Gasteiger partial charge on any atom is -0.485 e. The van der Waals surface area contributed by atoms with Gasteiger partial charge in [0.25, 0.3) is 0 Å². The van der Waals surface area contributed by atoms with E-state index < -0.39 is 0 Å². The van der Waals surface area contributed by atoms with Crippen LogP contribution in [0, 0.1) is 13.8 Å². The second-order valence-corrected chi connectivity index (χ2v) is 8.02. The van der Waals surface area contributed by atoms with Crippen LogP contribution in [0.2, 0.25) is 0 Å². The molecule has 8 heteroatoms. The highest BCUT2D eigenvalue weighted by atomic mass is 32.1. The topological polar surface area (TPSA) is 67.5 Å². The lowest BCUT2D eigenvalue weighted by Crippen LogP contribution is -2.30. The number of aryl methyl sites for hydroxylation is 2. The van der Waals surface area contributed by atoms with Crippen LogP contribution in [0.4, 0.5) is 5.13 Å². The van der Waals surface area contributed by atoms with E-state index in [1.54, 1.807) is 11.3 Å². The van der Waals surface area contributed by atoms with Crippen molar-refractivity contribution in [3.05, 3.63) is 52.6 Å². The first-order chi connectivity index (χ1) is 13.7. The van der Waals surface area contributed by atoms with Crippen LogP contribution in [0.15, 0.2) is 34.3 Å². The van der Waals surface area contributed by atoms with Gasteiger partial charge in [-0.3, -0.25) is 4.90 Å². The van der Waals surface area contributed by atoms with E-state index in [-0.39, 0.29) is 0 Å². The Kier molecular flexibility index (Phi) is 5.87. The highest BCUT2D eigenvalue weighted by Gasteiger charge is 2.19. The molecule has 3 heterocycles. The molecule has 28 heavy (non-hydrogen) atoms. The zero-order chi connectivity index (χ0) is 19.3. The van der Waals surface area contributed by atoms with Crippen LogP contribution in [0.25, 0.3) is 0 Å². The number of anilines is 1. The average molecular weight is 400 g/mol. The van der Waals surface area contributed by atoms with Gasteiger partial charge in [0, 0.05) is 37.8 Å². The van der Waals surface area contributed by atoms with Crippen molar-refractivity contribution in [1.82, 2.24) is 20.0 Å². The summed E-state index contributed by atoms with van der Waals surface area (Å²) >= 11 is 1.69. The molecule has 1 aliphatic rings. The van der Waals surface area contributed by atoms with Crippen molar-refractivity contribution in [2.75, 3.05) is 31.1 Å². The molecule has 4 rings (SSSR count). The lowest BCUT2D eigenvalue weighted by Gasteiger charge is -2.20. The maximum Gasteiger partial charge on any atom is 0.240 e. The number of ether oxygens (including phenoxy) is 1. The molecule has 1 fully saturated rings. The molecular formula is C20H25N5O2S. The third-order valence-corrected chi connectivity index (χ3v) is 5.54. The number of thiazole rings is 1. The molecule has 0 bridgehead atoms. The fraction of sp³-hybridized carbons (Fsp3) is 0.450. The second kappa shape index (κ2) is 8.70. The molecule has 0 N–H and O–H groups in total. The fourth-order valence-electron chi connectivity index (χ4n) is 3.46. The van der Waals surface area contributed by atoms with Crippen LogP contribution in [-0.4, -0.2) is 46.2 Å². The first-order valence-electron chi connectivity index (χ1n) is 9.55. The van der Waals surface area contributed by atoms with Gasteiger partial charge in [0.1, 0.15) is 5.75 Å². The Balaban J connectivity index is 1.29. The summed E-state index contributed by atoms with van der Waals surface area (Å²) in [6.45, 7) is 9.06. The van der Waals surface area contributed by atoms with Gasteiger partial charge >= 0.3 is 0 Å². The first kappa shape index (κ1) is 18.9. The summed E-state index contributed by atoms with van der Waals surface area (Å²) in [5.74, 6) is 2.05. The Hall–Kier alpha value is -2.45. The molecule has 0 amide bonds. The zero-order valence-electron chi connectivity index (χ0n) is 16.3. The first-order valence-corrected chi connectivity index (χ1v) is 10.4. The molecule has 0 spiro atoms. The van der Waals surface area contributed by atoms with Crippen LogP contribution >= 0.6 is 11.3 Å². The zero-order valence-corrected chi connectivity index (χ0v) is 17.1. The van der Waals surface area contributed by atoms with Crippen LogP contribution < -0.4 is 9.64 Å². The third kappa shape index (κ3) is 4.88. The minimum absolute atomic E-state index is 0.310. The summed E-state index contributed by atoms with van der Waals surface area (Å²) in [5.41, 5.74) is 2.36. The molecule has 1 aromatic carbocycles. The monoisotopic (exact) mass is 399 g/mol. The number of rotatable bonds is 6. The molecule has 3 aromatic rings. The Bertz CT molecular complexity index is 876. The van der Waals surface area contributed by atoms with Gasteiger partial charge in [-0.2, -0.15) is 4.98 Å². The standard InChI is InChI=1S/C20H25N5O2S/c1-15-10-16(2)12-17(11-15)26-14-18-22-19(27-23-18)13-24-5-3-6-25(8-7-24)20-21-4-9-28-20/h4,9-12H,3,5-8,13-14H2,1-2H3. The van der Waals surface area contributed by atoms with Gasteiger partial charge in [0.15, 0.2) is 11.7 Å². The van der Waals surface area contributed by atoms with Crippen molar-refractivity contribution in [3.8, 4) is 5.75 Å². The van der Waals surface area contributed by atoms with E-state index in [2.05, 4.69) is 44.8 Å². The average Bonchev–Trinajstić information content (AvgIpc) is 3.29. The van der Waals surface area contributed by atoms with Gasteiger partial charge in [0.2, 0.25) is 11.7 Å². The maximum absolute atomic E-state index is 5.82. The minimum atomic E-state index is 0.310. The normalized spacial score (nSPS) is 15.6. The van der Waals surface area contributed by atoms with Gasteiger partial charge in [-0.15, -0.1) is 11.3 Å². The largest absolute Gasteiger partial charge is 0.485 e. The van der Waals surface area contributed by atoms with Crippen molar-refractivity contribution >= 4 is 16.5 Å². The number of nitrogens with zero attached hydrogens (tertiary/aromatic N) is 5. The highest BCUT2D eigenvalue weighted by Crippen LogP contribution is 2.20. The molecule has 1 aliphatic heterocycles. The summed E-state index contributed by atoms with van der Waals surface area (Å²) < 4.78 is 11.3. The lowest BCUT2D eigenvalue weighted by molar-refractivity contribution is 0.238. The summed E-state index contributed by atoms with van der Waals surface area (Å²) in [6.07, 6.45) is 2.96. The predicted molar refractivity (Wildman–Crippen MR) is 109 cm³/mol. The van der Waals surface area contributed by atoms with Crippen molar-refractivity contribution in [2.24, 2.45) is 0 Å². The van der Waals surface area contributed by atoms with Crippen molar-refractivity contribution in [3.63, 3.8) is 0 Å². The molecule has 2 aromatic heterocycles. The van der Waals surface area contributed by atoms with E-state index in [0.717, 1.165) is 43.5 Å². The molecular weight excluding hydrogens is 374 g/mol. The van der Waals surface area contributed by atoms with Crippen LogP contribution in [0.3, 0.4) is 0 Å². The molecule has 0 atom stereocenters. The Morgan fingerprint density at radius 3 is 2.75 bits per heavy atom. The maximum atomic E-state index is 5.82. The van der Waals surface area contributed by atoms with Gasteiger partial charge in [-0.05, 0) is 43.5 Å². The van der Waals surface area contributed by atoms with Gasteiger partial charge < -0.3 is 14.2 Å². The molecule has 7 nitrogen and oxygen atoms in total. The van der Waals surface area contributed by atoms with Crippen LogP contribution in [-0.2, 0) is 13.2 Å². The van der Waals surface area contributed by atoms with E-state index in [0.29, 0.717) is 24.9 Å². The SMILES string of the molecule is Cc1cc(C)cc(OCc2noc(CN3CCCN(c4nccs4)CC3)n2)c1. The van der Waals surface area contributed by atoms with E-state index in [4.69, 9.17) is 9.26 Å². The number of aromatic nitrogens is 3. The number of benzene rings is 1. The molecule has 0 radical (unpaired) electrons. The second-order valence-electron chi connectivity index (χ2n) is 7.15. The van der Waals surface area contributed by atoms with Gasteiger partial charge in [-0.25, -0.2) is 4.98 Å². The molecule has 148 valence electrons. The third-order valence-electron chi connectivity index (χ3n) is 4.71. The van der Waals surface area contributed by atoms with Crippen molar-refractivity contribution in [2.45, 2.75) is 33.4 Å². The Labute approximate surface area is 169 Å². The predicted octanol–water partition coefficient (Wildman–Crippen LogP) is 3.43. The number of hydrogen-bond donors (Lipinski definition) is 0. The molecule has 0 saturated carbocycles. The quantitative estimate of drug-likeness (QED) is 0.629. The highest BCUT2D eigenvalue weighted by molar-refractivity contribution is 7.13. The van der Waals surface area contributed by atoms with Gasteiger partial charge in [0.05, 0.1) is 6.54 Å². The van der Waals surface area contributed by atoms with E-state index >= 15 is 0 Å². The summed E-state index contributed by atoms with van der Waals surface area (Å²) in [5, 5.41) is 7.19. The Morgan fingerprint density at radius 1 is 1.11 bits per heavy atom. The van der Waals surface area contributed by atoms with Crippen molar-refractivity contribution < 1.29 is 9.26 Å². The number of hydrogen-bond acceptors (Lipinski definition) is 8. The van der Waals surface area contributed by atoms with E-state index in [1.165, 1.54) is 11.1 Å². The lowest BCUT2D eigenvalue weighted by atomic mass is 10.1. The van der Waals surface area contributed by atoms with Gasteiger partial charge in [-0.1, -0.05) is 11.2 Å². The van der Waals surface area contributed by atoms with Crippen LogP contribution in [0.5, 0.6) is 5.75 Å².